The van der Waals surface area contributed by atoms with Crippen molar-refractivity contribution in [2.45, 2.75) is 31.8 Å². The van der Waals surface area contributed by atoms with Gasteiger partial charge in [0.25, 0.3) is 5.91 Å². The van der Waals surface area contributed by atoms with Crippen LogP contribution in [0.2, 0.25) is 0 Å². The second-order valence-corrected chi connectivity index (χ2v) is 5.83. The second kappa shape index (κ2) is 5.83. The third kappa shape index (κ3) is 3.31. The zero-order valence-electron chi connectivity index (χ0n) is 11.6. The first-order valence-corrected chi connectivity index (χ1v) is 7.42. The van der Waals surface area contributed by atoms with Gasteiger partial charge in [-0.1, -0.05) is 0 Å². The van der Waals surface area contributed by atoms with Crippen LogP contribution in [-0.4, -0.2) is 41.7 Å². The highest BCUT2D eigenvalue weighted by Crippen LogP contribution is 2.29. The Bertz CT molecular complexity index is 467. The average Bonchev–Trinajstić information content (AvgIpc) is 3.29. The molecule has 0 radical (unpaired) electrons. The van der Waals surface area contributed by atoms with Crippen molar-refractivity contribution in [1.82, 2.24) is 4.90 Å². The van der Waals surface area contributed by atoms with E-state index in [-0.39, 0.29) is 12.0 Å². The van der Waals surface area contributed by atoms with Gasteiger partial charge in [0.05, 0.1) is 12.7 Å². The number of carbonyl (C=O) groups is 1. The molecular formula is C16H21NO3. The van der Waals surface area contributed by atoms with Crippen LogP contribution in [0.4, 0.5) is 0 Å². The number of likely N-dealkylation sites (tertiary alicyclic amines) is 1. The number of hydrogen-bond donors (Lipinski definition) is 1. The van der Waals surface area contributed by atoms with Crippen molar-refractivity contribution in [3.8, 4) is 5.75 Å². The van der Waals surface area contributed by atoms with E-state index in [0.29, 0.717) is 12.1 Å². The number of nitrogens with zero attached hydrogens (tertiary/aromatic N) is 1. The maximum atomic E-state index is 12.3. The SMILES string of the molecule is O=C(c1ccc(OCC2CC2)cc1)N1CCCC(O)C1. The van der Waals surface area contributed by atoms with Crippen LogP contribution in [0.5, 0.6) is 5.75 Å². The van der Waals surface area contributed by atoms with E-state index in [1.54, 1.807) is 4.90 Å². The average molecular weight is 275 g/mol. The van der Waals surface area contributed by atoms with Gasteiger partial charge in [0, 0.05) is 18.7 Å². The van der Waals surface area contributed by atoms with Gasteiger partial charge < -0.3 is 14.7 Å². The third-order valence-electron chi connectivity index (χ3n) is 3.97. The molecule has 1 unspecified atom stereocenters. The predicted molar refractivity (Wildman–Crippen MR) is 75.8 cm³/mol. The zero-order valence-corrected chi connectivity index (χ0v) is 11.6. The van der Waals surface area contributed by atoms with E-state index in [9.17, 15) is 9.90 Å². The smallest absolute Gasteiger partial charge is 0.253 e. The van der Waals surface area contributed by atoms with Crippen molar-refractivity contribution < 1.29 is 14.6 Å². The Kier molecular flexibility index (Phi) is 3.92. The summed E-state index contributed by atoms with van der Waals surface area (Å²) in [6, 6.07) is 7.34. The van der Waals surface area contributed by atoms with Crippen molar-refractivity contribution in [3.05, 3.63) is 29.8 Å². The molecule has 1 aromatic carbocycles. The summed E-state index contributed by atoms with van der Waals surface area (Å²) in [6.45, 7) is 1.96. The summed E-state index contributed by atoms with van der Waals surface area (Å²) in [5, 5.41) is 9.63. The van der Waals surface area contributed by atoms with Gasteiger partial charge in [0.2, 0.25) is 0 Å². The summed E-state index contributed by atoms with van der Waals surface area (Å²) in [6.07, 6.45) is 3.82. The summed E-state index contributed by atoms with van der Waals surface area (Å²) in [7, 11) is 0. The highest BCUT2D eigenvalue weighted by Gasteiger charge is 2.23. The fourth-order valence-electron chi connectivity index (χ4n) is 2.51. The normalized spacial score (nSPS) is 22.6. The van der Waals surface area contributed by atoms with E-state index < -0.39 is 0 Å². The summed E-state index contributed by atoms with van der Waals surface area (Å²) >= 11 is 0. The number of aliphatic hydroxyl groups is 1. The van der Waals surface area contributed by atoms with Gasteiger partial charge in [-0.05, 0) is 55.9 Å². The number of benzene rings is 1. The highest BCUT2D eigenvalue weighted by atomic mass is 16.5. The van der Waals surface area contributed by atoms with Crippen molar-refractivity contribution in [2.75, 3.05) is 19.7 Å². The molecular weight excluding hydrogens is 254 g/mol. The van der Waals surface area contributed by atoms with E-state index in [1.165, 1.54) is 12.8 Å². The van der Waals surface area contributed by atoms with Gasteiger partial charge in [-0.25, -0.2) is 0 Å². The van der Waals surface area contributed by atoms with Crippen LogP contribution in [-0.2, 0) is 0 Å². The topological polar surface area (TPSA) is 49.8 Å². The molecule has 3 rings (SSSR count). The van der Waals surface area contributed by atoms with Gasteiger partial charge in [-0.3, -0.25) is 4.79 Å². The van der Waals surface area contributed by atoms with Crippen molar-refractivity contribution in [3.63, 3.8) is 0 Å². The number of piperidine rings is 1. The predicted octanol–water partition coefficient (Wildman–Crippen LogP) is 2.07. The van der Waals surface area contributed by atoms with Crippen molar-refractivity contribution in [2.24, 2.45) is 5.92 Å². The summed E-state index contributed by atoms with van der Waals surface area (Å²) in [5.41, 5.74) is 0.665. The van der Waals surface area contributed by atoms with Crippen LogP contribution in [0.25, 0.3) is 0 Å². The van der Waals surface area contributed by atoms with E-state index in [1.807, 2.05) is 24.3 Å². The van der Waals surface area contributed by atoms with E-state index in [4.69, 9.17) is 4.74 Å². The zero-order chi connectivity index (χ0) is 13.9. The van der Waals surface area contributed by atoms with Gasteiger partial charge in [0.15, 0.2) is 0 Å². The molecule has 2 aliphatic rings. The van der Waals surface area contributed by atoms with Gasteiger partial charge in [0.1, 0.15) is 5.75 Å². The molecule has 1 aliphatic carbocycles. The number of β-amino-alcohol motifs (C(OH)–C–C–N with tert-alkyl or cyclic N) is 1. The lowest BCUT2D eigenvalue weighted by Crippen LogP contribution is -2.42. The Balaban J connectivity index is 1.59. The summed E-state index contributed by atoms with van der Waals surface area (Å²) in [4.78, 5) is 14.0. The standard InChI is InChI=1S/C16H21NO3/c18-14-2-1-9-17(10-14)16(19)13-5-7-15(8-6-13)20-11-12-3-4-12/h5-8,12,14,18H,1-4,9-11H2. The molecule has 1 N–H and O–H groups in total. The Hall–Kier alpha value is -1.55. The van der Waals surface area contributed by atoms with Crippen LogP contribution >= 0.6 is 0 Å². The van der Waals surface area contributed by atoms with Crippen molar-refractivity contribution in [1.29, 1.82) is 0 Å². The fourth-order valence-corrected chi connectivity index (χ4v) is 2.51. The van der Waals surface area contributed by atoms with E-state index in [2.05, 4.69) is 0 Å². The summed E-state index contributed by atoms with van der Waals surface area (Å²) in [5.74, 6) is 1.55. The molecule has 1 saturated carbocycles. The van der Waals surface area contributed by atoms with Gasteiger partial charge in [-0.2, -0.15) is 0 Å². The molecule has 1 amide bonds. The molecule has 2 fully saturated rings. The second-order valence-electron chi connectivity index (χ2n) is 5.83. The molecule has 20 heavy (non-hydrogen) atoms. The maximum Gasteiger partial charge on any atom is 0.253 e. The molecule has 4 nitrogen and oxygen atoms in total. The number of carbonyl (C=O) groups excluding carboxylic acids is 1. The van der Waals surface area contributed by atoms with Crippen LogP contribution in [0.1, 0.15) is 36.0 Å². The van der Waals surface area contributed by atoms with Gasteiger partial charge in [-0.15, -0.1) is 0 Å². The van der Waals surface area contributed by atoms with Gasteiger partial charge >= 0.3 is 0 Å². The molecule has 1 saturated heterocycles. The number of amides is 1. The molecule has 0 aromatic heterocycles. The lowest BCUT2D eigenvalue weighted by Gasteiger charge is -2.30. The van der Waals surface area contributed by atoms with Crippen LogP contribution in [0.3, 0.4) is 0 Å². The lowest BCUT2D eigenvalue weighted by molar-refractivity contribution is 0.0473. The lowest BCUT2D eigenvalue weighted by atomic mass is 10.1. The van der Waals surface area contributed by atoms with Crippen LogP contribution < -0.4 is 4.74 Å². The molecule has 1 aromatic rings. The fraction of sp³-hybridized carbons (Fsp3) is 0.562. The largest absolute Gasteiger partial charge is 0.493 e. The minimum absolute atomic E-state index is 0.00232. The first-order valence-electron chi connectivity index (χ1n) is 7.42. The minimum Gasteiger partial charge on any atom is -0.493 e. The maximum absolute atomic E-state index is 12.3. The quantitative estimate of drug-likeness (QED) is 0.915. The summed E-state index contributed by atoms with van der Waals surface area (Å²) < 4.78 is 5.66. The first kappa shape index (κ1) is 13.4. The van der Waals surface area contributed by atoms with Crippen molar-refractivity contribution >= 4 is 5.91 Å². The minimum atomic E-state index is -0.381. The number of ether oxygens (including phenoxy) is 1. The number of hydrogen-bond acceptors (Lipinski definition) is 3. The van der Waals surface area contributed by atoms with E-state index in [0.717, 1.165) is 37.7 Å². The highest BCUT2D eigenvalue weighted by molar-refractivity contribution is 5.94. The molecule has 108 valence electrons. The first-order chi connectivity index (χ1) is 9.72. The Morgan fingerprint density at radius 1 is 1.25 bits per heavy atom. The van der Waals surface area contributed by atoms with Crippen LogP contribution in [0, 0.1) is 5.92 Å². The third-order valence-corrected chi connectivity index (χ3v) is 3.97. The number of aliphatic hydroxyl groups excluding tert-OH is 1. The molecule has 1 aliphatic heterocycles. The number of rotatable bonds is 4. The Labute approximate surface area is 119 Å². The molecule has 0 bridgehead atoms. The van der Waals surface area contributed by atoms with E-state index >= 15 is 0 Å². The Morgan fingerprint density at radius 2 is 2.00 bits per heavy atom. The van der Waals surface area contributed by atoms with Crippen LogP contribution in [0.15, 0.2) is 24.3 Å². The monoisotopic (exact) mass is 275 g/mol. The molecule has 1 atom stereocenters. The Morgan fingerprint density at radius 3 is 2.65 bits per heavy atom. The molecule has 4 heteroatoms. The molecule has 1 heterocycles. The molecule has 0 spiro atoms.